The van der Waals surface area contributed by atoms with Gasteiger partial charge in [-0.15, -0.1) is 0 Å². The Morgan fingerprint density at radius 1 is 1.58 bits per heavy atom. The summed E-state index contributed by atoms with van der Waals surface area (Å²) in [5.41, 5.74) is 5.57. The third-order valence-corrected chi connectivity index (χ3v) is 2.94. The van der Waals surface area contributed by atoms with Crippen LogP contribution in [0.25, 0.3) is 0 Å². The van der Waals surface area contributed by atoms with Crippen molar-refractivity contribution in [3.63, 3.8) is 0 Å². The second-order valence-electron chi connectivity index (χ2n) is 4.27. The second kappa shape index (κ2) is 5.53. The average molecular weight is 271 g/mol. The van der Waals surface area contributed by atoms with Crippen molar-refractivity contribution in [2.24, 2.45) is 0 Å². The summed E-state index contributed by atoms with van der Waals surface area (Å²) in [6.45, 7) is 0.358. The molecule has 9 heteroatoms. The third kappa shape index (κ3) is 2.68. The number of ether oxygens (including phenoxy) is 1. The molecule has 1 amide bonds. The number of aromatic amines is 1. The molecule has 4 atom stereocenters. The summed E-state index contributed by atoms with van der Waals surface area (Å²) in [6, 6.07) is 0. The molecule has 9 nitrogen and oxygen atoms in total. The monoisotopic (exact) mass is 271 g/mol. The van der Waals surface area contributed by atoms with Crippen molar-refractivity contribution in [1.82, 2.24) is 20.6 Å². The Morgan fingerprint density at radius 2 is 2.32 bits per heavy atom. The Kier molecular flexibility index (Phi) is 4.00. The van der Waals surface area contributed by atoms with Crippen LogP contribution in [0.5, 0.6) is 0 Å². The van der Waals surface area contributed by atoms with E-state index in [2.05, 4.69) is 20.6 Å². The predicted molar refractivity (Wildman–Crippen MR) is 65.1 cm³/mol. The van der Waals surface area contributed by atoms with E-state index < -0.39 is 30.4 Å². The van der Waals surface area contributed by atoms with Crippen molar-refractivity contribution in [2.45, 2.75) is 24.5 Å². The summed E-state index contributed by atoms with van der Waals surface area (Å²) in [7, 11) is 1.69. The molecule has 19 heavy (non-hydrogen) atoms. The molecule has 0 bridgehead atoms. The van der Waals surface area contributed by atoms with Gasteiger partial charge in [0.25, 0.3) is 5.91 Å². The fourth-order valence-corrected chi connectivity index (χ4v) is 1.93. The van der Waals surface area contributed by atoms with Crippen molar-refractivity contribution >= 4 is 11.7 Å². The number of anilines is 1. The van der Waals surface area contributed by atoms with Crippen molar-refractivity contribution in [1.29, 1.82) is 0 Å². The van der Waals surface area contributed by atoms with Crippen LogP contribution in [-0.4, -0.2) is 64.2 Å². The molecule has 0 aromatic carbocycles. The minimum Gasteiger partial charge on any atom is -0.387 e. The molecule has 0 spiro atoms. The van der Waals surface area contributed by atoms with Crippen molar-refractivity contribution < 1.29 is 19.7 Å². The lowest BCUT2D eigenvalue weighted by Crippen LogP contribution is -2.44. The van der Waals surface area contributed by atoms with Crippen LogP contribution in [0.4, 0.5) is 5.82 Å². The van der Waals surface area contributed by atoms with Gasteiger partial charge in [0.15, 0.2) is 12.0 Å². The van der Waals surface area contributed by atoms with Crippen LogP contribution in [0.15, 0.2) is 6.33 Å². The van der Waals surface area contributed by atoms with E-state index in [1.54, 1.807) is 7.05 Å². The number of nitrogens with zero attached hydrogens (tertiary/aromatic N) is 1. The van der Waals surface area contributed by atoms with E-state index in [9.17, 15) is 15.0 Å². The molecule has 0 aliphatic carbocycles. The fraction of sp³-hybridized carbons (Fsp3) is 0.600. The van der Waals surface area contributed by atoms with Gasteiger partial charge in [0, 0.05) is 6.54 Å². The van der Waals surface area contributed by atoms with E-state index >= 15 is 0 Å². The number of aliphatic hydroxyl groups is 2. The average Bonchev–Trinajstić information content (AvgIpc) is 2.90. The summed E-state index contributed by atoms with van der Waals surface area (Å²) in [6.07, 6.45) is -2.58. The van der Waals surface area contributed by atoms with Crippen LogP contribution in [0, 0.1) is 0 Å². The summed E-state index contributed by atoms with van der Waals surface area (Å²) in [5, 5.41) is 24.8. The first-order valence-corrected chi connectivity index (χ1v) is 5.80. The van der Waals surface area contributed by atoms with E-state index in [1.165, 1.54) is 6.33 Å². The molecule has 1 aromatic rings. The zero-order valence-electron chi connectivity index (χ0n) is 10.3. The number of amides is 1. The number of carbonyl (C=O) groups excluding carboxylic acids is 1. The second-order valence-corrected chi connectivity index (χ2v) is 4.27. The van der Waals surface area contributed by atoms with E-state index in [0.717, 1.165) is 0 Å². The van der Waals surface area contributed by atoms with Crippen molar-refractivity contribution in [3.8, 4) is 0 Å². The minimum atomic E-state index is -1.20. The number of hydrogen-bond donors (Lipinski definition) is 6. The highest BCUT2D eigenvalue weighted by molar-refractivity contribution is 5.96. The molecule has 1 saturated heterocycles. The molecule has 1 aliphatic heterocycles. The maximum absolute atomic E-state index is 11.8. The summed E-state index contributed by atoms with van der Waals surface area (Å²) < 4.78 is 5.37. The summed E-state index contributed by atoms with van der Waals surface area (Å²) in [5.74, 6) is -0.506. The highest BCUT2D eigenvalue weighted by Crippen LogP contribution is 2.19. The molecular formula is C10H17N5O4. The maximum Gasteiger partial charge on any atom is 0.273 e. The van der Waals surface area contributed by atoms with Gasteiger partial charge < -0.3 is 36.3 Å². The van der Waals surface area contributed by atoms with Gasteiger partial charge in [0.05, 0.1) is 6.33 Å². The van der Waals surface area contributed by atoms with Crippen LogP contribution in [0.1, 0.15) is 10.5 Å². The van der Waals surface area contributed by atoms with Crippen molar-refractivity contribution in [3.05, 3.63) is 12.0 Å². The van der Waals surface area contributed by atoms with Gasteiger partial charge in [-0.25, -0.2) is 4.98 Å². The quantitative estimate of drug-likeness (QED) is 0.352. The smallest absolute Gasteiger partial charge is 0.273 e. The molecule has 1 aliphatic rings. The number of nitrogens with one attached hydrogen (secondary N) is 3. The largest absolute Gasteiger partial charge is 0.387 e. The number of aromatic nitrogens is 2. The highest BCUT2D eigenvalue weighted by atomic mass is 16.6. The van der Waals surface area contributed by atoms with Gasteiger partial charge in [0.2, 0.25) is 0 Å². The lowest BCUT2D eigenvalue weighted by atomic mass is 10.1. The number of aliphatic hydroxyl groups excluding tert-OH is 2. The van der Waals surface area contributed by atoms with Crippen LogP contribution >= 0.6 is 0 Å². The molecule has 0 unspecified atom stereocenters. The Morgan fingerprint density at radius 3 is 2.89 bits per heavy atom. The molecule has 7 N–H and O–H groups in total. The first-order valence-electron chi connectivity index (χ1n) is 5.80. The number of carbonyl (C=O) groups is 1. The zero-order chi connectivity index (χ0) is 14.0. The van der Waals surface area contributed by atoms with Gasteiger partial charge in [0.1, 0.15) is 24.0 Å². The number of nitrogens with two attached hydrogens (primary N) is 1. The topological polar surface area (TPSA) is 146 Å². The zero-order valence-corrected chi connectivity index (χ0v) is 10.3. The van der Waals surface area contributed by atoms with Gasteiger partial charge >= 0.3 is 0 Å². The first kappa shape index (κ1) is 13.7. The number of rotatable bonds is 4. The molecule has 0 radical (unpaired) electrons. The molecule has 0 saturated carbocycles. The number of imidazole rings is 1. The van der Waals surface area contributed by atoms with E-state index in [1.807, 2.05) is 0 Å². The summed E-state index contributed by atoms with van der Waals surface area (Å²) >= 11 is 0. The lowest BCUT2D eigenvalue weighted by molar-refractivity contribution is -0.00712. The Hall–Kier alpha value is -1.68. The highest BCUT2D eigenvalue weighted by Gasteiger charge is 2.43. The van der Waals surface area contributed by atoms with Gasteiger partial charge in [-0.1, -0.05) is 0 Å². The van der Waals surface area contributed by atoms with Gasteiger partial charge in [-0.2, -0.15) is 0 Å². The minimum absolute atomic E-state index is 0.0531. The van der Waals surface area contributed by atoms with E-state index in [0.29, 0.717) is 6.54 Å². The Balaban J connectivity index is 2.00. The maximum atomic E-state index is 11.8. The molecule has 1 fully saturated rings. The number of H-pyrrole nitrogens is 1. The SMILES string of the molecule is CNC[C@H]1O[C@@H](NC(=O)c2[nH]cnc2N)[C@H](O)[C@@H]1O. The van der Waals surface area contributed by atoms with Crippen LogP contribution in [0.2, 0.25) is 0 Å². The van der Waals surface area contributed by atoms with Crippen LogP contribution < -0.4 is 16.4 Å². The number of nitrogen functional groups attached to an aromatic ring is 1. The molecule has 2 heterocycles. The summed E-state index contributed by atoms with van der Waals surface area (Å²) in [4.78, 5) is 18.1. The van der Waals surface area contributed by atoms with Crippen molar-refractivity contribution in [2.75, 3.05) is 19.3 Å². The third-order valence-electron chi connectivity index (χ3n) is 2.94. The molecule has 1 aromatic heterocycles. The fourth-order valence-electron chi connectivity index (χ4n) is 1.93. The molecule has 2 rings (SSSR count). The van der Waals surface area contributed by atoms with Gasteiger partial charge in [-0.3, -0.25) is 4.79 Å². The molecular weight excluding hydrogens is 254 g/mol. The van der Waals surface area contributed by atoms with E-state index in [-0.39, 0.29) is 11.5 Å². The molecule has 106 valence electrons. The number of likely N-dealkylation sites (N-methyl/N-ethyl adjacent to an activating group) is 1. The Bertz CT molecular complexity index is 451. The lowest BCUT2D eigenvalue weighted by Gasteiger charge is -2.15. The van der Waals surface area contributed by atoms with E-state index in [4.69, 9.17) is 10.5 Å². The number of hydrogen-bond acceptors (Lipinski definition) is 7. The Labute approximate surface area is 109 Å². The van der Waals surface area contributed by atoms with Crippen LogP contribution in [-0.2, 0) is 4.74 Å². The normalized spacial score (nSPS) is 30.5. The standard InChI is InChI=1S/C10H17N5O4/c1-12-2-4-6(16)7(17)10(19-4)15-9(18)5-8(11)14-3-13-5/h3-4,6-7,10,12,16-17H,2,11H2,1H3,(H,13,14)(H,15,18)/t4-,6-,7-,10-/m1/s1. The van der Waals surface area contributed by atoms with Crippen LogP contribution in [0.3, 0.4) is 0 Å². The first-order chi connectivity index (χ1) is 9.04. The van der Waals surface area contributed by atoms with Gasteiger partial charge in [-0.05, 0) is 7.05 Å². The predicted octanol–water partition coefficient (Wildman–Crippen LogP) is -2.61.